The number of anilines is 2. The maximum atomic E-state index is 13.0. The van der Waals surface area contributed by atoms with Crippen molar-refractivity contribution in [3.8, 4) is 11.5 Å². The van der Waals surface area contributed by atoms with Crippen LogP contribution in [0.5, 0.6) is 11.5 Å². The molecule has 2 aromatic rings. The number of phenolic OH excluding ortho intramolecular Hbond substituents is 1. The summed E-state index contributed by atoms with van der Waals surface area (Å²) in [6.45, 7) is 1.66. The van der Waals surface area contributed by atoms with E-state index in [-0.39, 0.29) is 34.6 Å². The molecule has 23 heavy (non-hydrogen) atoms. The molecule has 6 heteroatoms. The Morgan fingerprint density at radius 3 is 2.52 bits per heavy atom. The molecule has 2 amide bonds. The van der Waals surface area contributed by atoms with Crippen LogP contribution in [0.4, 0.5) is 11.4 Å². The van der Waals surface area contributed by atoms with E-state index < -0.39 is 6.04 Å². The number of hydrogen-bond donors (Lipinski definition) is 2. The van der Waals surface area contributed by atoms with Gasteiger partial charge in [-0.1, -0.05) is 18.2 Å². The first-order valence-corrected chi connectivity index (χ1v) is 7.13. The van der Waals surface area contributed by atoms with Gasteiger partial charge in [0.05, 0.1) is 18.4 Å². The number of fused-ring (bicyclic) bond motifs is 1. The number of nitrogens with one attached hydrogen (secondary N) is 1. The lowest BCUT2D eigenvalue weighted by Gasteiger charge is -2.25. The minimum Gasteiger partial charge on any atom is -0.504 e. The molecule has 2 N–H and O–H groups in total. The van der Waals surface area contributed by atoms with Gasteiger partial charge in [0.15, 0.2) is 11.5 Å². The SMILES string of the molecule is COc1cc2c(cc1O)NC(=O)C(C)N(c1ccccc1)C2=O. The number of nitrogens with zero attached hydrogens (tertiary/aromatic N) is 1. The molecule has 1 aliphatic rings. The lowest BCUT2D eigenvalue weighted by molar-refractivity contribution is -0.117. The summed E-state index contributed by atoms with van der Waals surface area (Å²) in [4.78, 5) is 26.8. The lowest BCUT2D eigenvalue weighted by atomic mass is 10.1. The number of carbonyl (C=O) groups is 2. The van der Waals surface area contributed by atoms with Gasteiger partial charge in [-0.2, -0.15) is 0 Å². The van der Waals surface area contributed by atoms with Crippen LogP contribution >= 0.6 is 0 Å². The van der Waals surface area contributed by atoms with Crippen molar-refractivity contribution in [1.29, 1.82) is 0 Å². The van der Waals surface area contributed by atoms with E-state index in [9.17, 15) is 14.7 Å². The Balaban J connectivity index is 2.17. The summed E-state index contributed by atoms with van der Waals surface area (Å²) in [6, 6.07) is 11.0. The Hall–Kier alpha value is -3.02. The molecule has 0 saturated carbocycles. The maximum Gasteiger partial charge on any atom is 0.261 e. The third kappa shape index (κ3) is 2.48. The van der Waals surface area contributed by atoms with E-state index in [1.165, 1.54) is 24.1 Å². The summed E-state index contributed by atoms with van der Waals surface area (Å²) < 4.78 is 5.06. The van der Waals surface area contributed by atoms with E-state index in [4.69, 9.17) is 4.74 Å². The van der Waals surface area contributed by atoms with E-state index in [2.05, 4.69) is 5.32 Å². The van der Waals surface area contributed by atoms with Crippen molar-refractivity contribution in [2.75, 3.05) is 17.3 Å². The highest BCUT2D eigenvalue weighted by molar-refractivity contribution is 6.18. The molecule has 0 spiro atoms. The smallest absolute Gasteiger partial charge is 0.261 e. The van der Waals surface area contributed by atoms with Crippen molar-refractivity contribution in [2.45, 2.75) is 13.0 Å². The standard InChI is InChI=1S/C17H16N2O4/c1-10-16(21)18-13-9-14(20)15(23-2)8-12(13)17(22)19(10)11-6-4-3-5-7-11/h3-10,20H,1-2H3,(H,18,21). The number of hydrogen-bond acceptors (Lipinski definition) is 4. The van der Waals surface area contributed by atoms with Crippen molar-refractivity contribution in [1.82, 2.24) is 0 Å². The second-order valence-electron chi connectivity index (χ2n) is 5.25. The number of benzene rings is 2. The van der Waals surface area contributed by atoms with Gasteiger partial charge in [-0.15, -0.1) is 0 Å². The molecule has 0 fully saturated rings. The van der Waals surface area contributed by atoms with Crippen molar-refractivity contribution in [3.63, 3.8) is 0 Å². The highest BCUT2D eigenvalue weighted by Gasteiger charge is 2.34. The molecule has 1 aliphatic heterocycles. The molecular weight excluding hydrogens is 296 g/mol. The highest BCUT2D eigenvalue weighted by Crippen LogP contribution is 2.35. The fraction of sp³-hybridized carbons (Fsp3) is 0.176. The van der Waals surface area contributed by atoms with E-state index in [1.807, 2.05) is 6.07 Å². The molecule has 1 unspecified atom stereocenters. The fourth-order valence-corrected chi connectivity index (χ4v) is 2.60. The summed E-state index contributed by atoms with van der Waals surface area (Å²) in [5, 5.41) is 12.6. The number of carbonyl (C=O) groups excluding carboxylic acids is 2. The van der Waals surface area contributed by atoms with Gasteiger partial charge in [-0.25, -0.2) is 0 Å². The fourth-order valence-electron chi connectivity index (χ4n) is 2.60. The van der Waals surface area contributed by atoms with Gasteiger partial charge in [0, 0.05) is 11.8 Å². The van der Waals surface area contributed by atoms with Gasteiger partial charge in [-0.05, 0) is 25.1 Å². The highest BCUT2D eigenvalue weighted by atomic mass is 16.5. The Morgan fingerprint density at radius 2 is 1.87 bits per heavy atom. The number of para-hydroxylation sites is 1. The van der Waals surface area contributed by atoms with Gasteiger partial charge in [0.2, 0.25) is 5.91 Å². The van der Waals surface area contributed by atoms with Gasteiger partial charge in [-0.3, -0.25) is 14.5 Å². The molecule has 2 aromatic carbocycles. The number of amides is 2. The number of aromatic hydroxyl groups is 1. The normalized spacial score (nSPS) is 17.3. The molecule has 0 aliphatic carbocycles. The van der Waals surface area contributed by atoms with Crippen molar-refractivity contribution >= 4 is 23.2 Å². The van der Waals surface area contributed by atoms with Crippen LogP contribution in [-0.2, 0) is 4.79 Å². The monoisotopic (exact) mass is 312 g/mol. The number of phenols is 1. The van der Waals surface area contributed by atoms with Crippen LogP contribution < -0.4 is 15.0 Å². The molecule has 1 heterocycles. The quantitative estimate of drug-likeness (QED) is 0.892. The Kier molecular flexibility index (Phi) is 3.65. The molecular formula is C17H16N2O4. The average Bonchev–Trinajstić information content (AvgIpc) is 2.63. The molecule has 1 atom stereocenters. The van der Waals surface area contributed by atoms with Crippen LogP contribution in [0.3, 0.4) is 0 Å². The van der Waals surface area contributed by atoms with Crippen molar-refractivity contribution < 1.29 is 19.4 Å². The third-order valence-electron chi connectivity index (χ3n) is 3.83. The van der Waals surface area contributed by atoms with E-state index in [0.717, 1.165) is 0 Å². The molecule has 118 valence electrons. The molecule has 0 bridgehead atoms. The third-order valence-corrected chi connectivity index (χ3v) is 3.83. The minimum absolute atomic E-state index is 0.139. The van der Waals surface area contributed by atoms with Gasteiger partial charge >= 0.3 is 0 Å². The van der Waals surface area contributed by atoms with Crippen LogP contribution in [0.2, 0.25) is 0 Å². The zero-order valence-electron chi connectivity index (χ0n) is 12.7. The van der Waals surface area contributed by atoms with Crippen molar-refractivity contribution in [3.05, 3.63) is 48.0 Å². The summed E-state index contributed by atoms with van der Waals surface area (Å²) in [7, 11) is 1.40. The van der Waals surface area contributed by atoms with Gasteiger partial charge in [0.1, 0.15) is 6.04 Å². The second-order valence-corrected chi connectivity index (χ2v) is 5.25. The van der Waals surface area contributed by atoms with Crippen LogP contribution in [0, 0.1) is 0 Å². The molecule has 0 saturated heterocycles. The largest absolute Gasteiger partial charge is 0.504 e. The van der Waals surface area contributed by atoms with Crippen LogP contribution in [0.25, 0.3) is 0 Å². The molecule has 0 aromatic heterocycles. The summed E-state index contributed by atoms with van der Waals surface area (Å²) in [5.41, 5.74) is 1.16. The Morgan fingerprint density at radius 1 is 1.17 bits per heavy atom. The first-order chi connectivity index (χ1) is 11.0. The number of ether oxygens (including phenoxy) is 1. The van der Waals surface area contributed by atoms with Gasteiger partial charge < -0.3 is 15.2 Å². The Bertz CT molecular complexity index is 774. The number of rotatable bonds is 2. The van der Waals surface area contributed by atoms with Crippen molar-refractivity contribution in [2.24, 2.45) is 0 Å². The summed E-state index contributed by atoms with van der Waals surface area (Å²) in [5.74, 6) is -0.630. The lowest BCUT2D eigenvalue weighted by Crippen LogP contribution is -2.43. The van der Waals surface area contributed by atoms with Crippen LogP contribution in [0.15, 0.2) is 42.5 Å². The van der Waals surface area contributed by atoms with E-state index in [1.54, 1.807) is 31.2 Å². The minimum atomic E-state index is -0.689. The molecule has 6 nitrogen and oxygen atoms in total. The molecule has 3 rings (SSSR count). The summed E-state index contributed by atoms with van der Waals surface area (Å²) >= 11 is 0. The van der Waals surface area contributed by atoms with Gasteiger partial charge in [0.25, 0.3) is 5.91 Å². The zero-order valence-corrected chi connectivity index (χ0v) is 12.7. The molecule has 0 radical (unpaired) electrons. The first-order valence-electron chi connectivity index (χ1n) is 7.13. The van der Waals surface area contributed by atoms with Crippen LogP contribution in [0.1, 0.15) is 17.3 Å². The Labute approximate surface area is 133 Å². The second kappa shape index (κ2) is 5.64. The number of methoxy groups -OCH3 is 1. The zero-order chi connectivity index (χ0) is 16.6. The predicted octanol–water partition coefficient (Wildman–Crippen LogP) is 2.39. The average molecular weight is 312 g/mol. The van der Waals surface area contributed by atoms with Crippen LogP contribution in [-0.4, -0.2) is 30.1 Å². The summed E-state index contributed by atoms with van der Waals surface area (Å²) in [6.07, 6.45) is 0. The topological polar surface area (TPSA) is 78.9 Å². The van der Waals surface area contributed by atoms with E-state index >= 15 is 0 Å². The maximum absolute atomic E-state index is 13.0. The van der Waals surface area contributed by atoms with E-state index in [0.29, 0.717) is 5.69 Å². The first kappa shape index (κ1) is 14.9. The predicted molar refractivity (Wildman–Crippen MR) is 86.0 cm³/mol.